The molecule has 124 valence electrons. The van der Waals surface area contributed by atoms with E-state index in [1.54, 1.807) is 0 Å². The minimum Gasteiger partial charge on any atom is -0.340 e. The number of hydrogen-bond donors (Lipinski definition) is 0. The third kappa shape index (κ3) is 2.79. The van der Waals surface area contributed by atoms with Gasteiger partial charge in [-0.1, -0.05) is 6.07 Å². The number of aromatic nitrogens is 4. The summed E-state index contributed by atoms with van der Waals surface area (Å²) in [5, 5.41) is 0. The number of likely N-dealkylation sites (tertiary alicyclic amines) is 1. The van der Waals surface area contributed by atoms with Gasteiger partial charge < -0.3 is 13.9 Å². The Morgan fingerprint density at radius 3 is 3.04 bits per heavy atom. The molecule has 0 saturated carbocycles. The summed E-state index contributed by atoms with van der Waals surface area (Å²) in [6.45, 7) is 3.59. The van der Waals surface area contributed by atoms with Gasteiger partial charge in [-0.2, -0.15) is 0 Å². The number of amides is 1. The number of carbonyl (C=O) groups excluding carboxylic acids is 1. The van der Waals surface area contributed by atoms with E-state index in [0.29, 0.717) is 12.5 Å². The lowest BCUT2D eigenvalue weighted by Gasteiger charge is -2.34. The normalized spacial score (nSPS) is 18.2. The number of piperidine rings is 1. The molecule has 24 heavy (non-hydrogen) atoms. The molecule has 4 rings (SSSR count). The van der Waals surface area contributed by atoms with Crippen molar-refractivity contribution in [2.75, 3.05) is 13.1 Å². The van der Waals surface area contributed by atoms with Gasteiger partial charge in [0.1, 0.15) is 11.5 Å². The van der Waals surface area contributed by atoms with E-state index in [1.165, 1.54) is 0 Å². The average Bonchev–Trinajstić information content (AvgIpc) is 3.20. The van der Waals surface area contributed by atoms with Gasteiger partial charge in [-0.25, -0.2) is 9.97 Å². The number of rotatable bonds is 3. The van der Waals surface area contributed by atoms with Crippen molar-refractivity contribution < 1.29 is 4.79 Å². The zero-order valence-corrected chi connectivity index (χ0v) is 13.8. The molecule has 1 unspecified atom stereocenters. The number of nitrogens with zero attached hydrogens (tertiary/aromatic N) is 5. The van der Waals surface area contributed by atoms with Crippen LogP contribution in [0.15, 0.2) is 43.0 Å². The van der Waals surface area contributed by atoms with E-state index in [4.69, 9.17) is 0 Å². The Morgan fingerprint density at radius 1 is 1.33 bits per heavy atom. The van der Waals surface area contributed by atoms with Gasteiger partial charge in [-0.3, -0.25) is 4.79 Å². The highest BCUT2D eigenvalue weighted by Crippen LogP contribution is 2.23. The summed E-state index contributed by atoms with van der Waals surface area (Å²) in [6.07, 6.45) is 10.2. The van der Waals surface area contributed by atoms with Crippen LogP contribution in [0.5, 0.6) is 0 Å². The zero-order valence-electron chi connectivity index (χ0n) is 13.8. The van der Waals surface area contributed by atoms with Gasteiger partial charge in [0.2, 0.25) is 5.91 Å². The highest BCUT2D eigenvalue weighted by Gasteiger charge is 2.25. The summed E-state index contributed by atoms with van der Waals surface area (Å²) in [6, 6.07) is 6.19. The minimum atomic E-state index is 0.154. The lowest BCUT2D eigenvalue weighted by atomic mass is 10.0. The van der Waals surface area contributed by atoms with Crippen molar-refractivity contribution in [2.24, 2.45) is 0 Å². The molecule has 6 nitrogen and oxygen atoms in total. The Balaban J connectivity index is 1.46. The SMILES string of the molecule is Cc1nccn1C1CCCN(C(=O)Cc2cn3ccccc3n2)C1. The fourth-order valence-electron chi connectivity index (χ4n) is 3.52. The summed E-state index contributed by atoms with van der Waals surface area (Å²) in [5.74, 6) is 1.16. The molecular formula is C18H21N5O. The molecule has 1 saturated heterocycles. The lowest BCUT2D eigenvalue weighted by Crippen LogP contribution is -2.41. The van der Waals surface area contributed by atoms with E-state index in [-0.39, 0.29) is 5.91 Å². The first-order valence-electron chi connectivity index (χ1n) is 8.40. The summed E-state index contributed by atoms with van der Waals surface area (Å²) < 4.78 is 4.14. The van der Waals surface area contributed by atoms with Crippen LogP contribution in [0.2, 0.25) is 0 Å². The maximum Gasteiger partial charge on any atom is 0.228 e. The Labute approximate surface area is 140 Å². The molecule has 4 heterocycles. The van der Waals surface area contributed by atoms with Crippen molar-refractivity contribution in [1.82, 2.24) is 23.8 Å². The topological polar surface area (TPSA) is 55.4 Å². The van der Waals surface area contributed by atoms with Crippen LogP contribution in [0.3, 0.4) is 0 Å². The third-order valence-corrected chi connectivity index (χ3v) is 4.75. The second-order valence-corrected chi connectivity index (χ2v) is 6.39. The molecule has 1 aliphatic rings. The summed E-state index contributed by atoms with van der Waals surface area (Å²) in [5.41, 5.74) is 1.71. The molecule has 0 bridgehead atoms. The molecule has 0 aromatic carbocycles. The maximum atomic E-state index is 12.7. The van der Waals surface area contributed by atoms with Crippen molar-refractivity contribution in [3.63, 3.8) is 0 Å². The quantitative estimate of drug-likeness (QED) is 0.743. The average molecular weight is 323 g/mol. The molecule has 1 atom stereocenters. The zero-order chi connectivity index (χ0) is 16.5. The first-order chi connectivity index (χ1) is 11.7. The van der Waals surface area contributed by atoms with Crippen molar-refractivity contribution in [1.29, 1.82) is 0 Å². The Hall–Kier alpha value is -2.63. The number of pyridine rings is 1. The molecule has 0 N–H and O–H groups in total. The van der Waals surface area contributed by atoms with Gasteiger partial charge in [0.05, 0.1) is 18.2 Å². The summed E-state index contributed by atoms with van der Waals surface area (Å²) in [7, 11) is 0. The van der Waals surface area contributed by atoms with E-state index in [2.05, 4.69) is 14.5 Å². The van der Waals surface area contributed by atoms with E-state index < -0.39 is 0 Å². The largest absolute Gasteiger partial charge is 0.340 e. The van der Waals surface area contributed by atoms with Gasteiger partial charge in [0.25, 0.3) is 0 Å². The molecule has 0 radical (unpaired) electrons. The number of imidazole rings is 2. The van der Waals surface area contributed by atoms with Crippen LogP contribution in [-0.2, 0) is 11.2 Å². The fourth-order valence-corrected chi connectivity index (χ4v) is 3.52. The number of hydrogen-bond acceptors (Lipinski definition) is 3. The number of carbonyl (C=O) groups is 1. The van der Waals surface area contributed by atoms with E-state index >= 15 is 0 Å². The highest BCUT2D eigenvalue weighted by molar-refractivity contribution is 5.78. The van der Waals surface area contributed by atoms with E-state index in [0.717, 1.165) is 43.1 Å². The van der Waals surface area contributed by atoms with Gasteiger partial charge in [-0.05, 0) is 31.9 Å². The number of fused-ring (bicyclic) bond motifs is 1. The summed E-state index contributed by atoms with van der Waals surface area (Å²) in [4.78, 5) is 23.5. The Bertz CT molecular complexity index is 832. The predicted molar refractivity (Wildman–Crippen MR) is 90.7 cm³/mol. The van der Waals surface area contributed by atoms with Gasteiger partial charge in [0.15, 0.2) is 0 Å². The molecule has 1 fully saturated rings. The Kier molecular flexibility index (Phi) is 3.80. The molecule has 0 spiro atoms. The van der Waals surface area contributed by atoms with Crippen molar-refractivity contribution in [3.05, 3.63) is 54.5 Å². The van der Waals surface area contributed by atoms with Crippen LogP contribution in [0, 0.1) is 6.92 Å². The van der Waals surface area contributed by atoms with Gasteiger partial charge in [0, 0.05) is 37.9 Å². The van der Waals surface area contributed by atoms with Crippen LogP contribution >= 0.6 is 0 Å². The maximum absolute atomic E-state index is 12.7. The van der Waals surface area contributed by atoms with Crippen LogP contribution in [-0.4, -0.2) is 42.8 Å². The van der Waals surface area contributed by atoms with Crippen LogP contribution in [0.4, 0.5) is 0 Å². The smallest absolute Gasteiger partial charge is 0.228 e. The van der Waals surface area contributed by atoms with E-state index in [1.807, 2.05) is 59.2 Å². The molecule has 3 aromatic heterocycles. The van der Waals surface area contributed by atoms with Crippen molar-refractivity contribution in [2.45, 2.75) is 32.2 Å². The lowest BCUT2D eigenvalue weighted by molar-refractivity contribution is -0.132. The first kappa shape index (κ1) is 14.9. The van der Waals surface area contributed by atoms with Crippen LogP contribution in [0.1, 0.15) is 30.4 Å². The second kappa shape index (κ2) is 6.11. The van der Waals surface area contributed by atoms with Crippen LogP contribution in [0.25, 0.3) is 5.65 Å². The molecular weight excluding hydrogens is 302 g/mol. The minimum absolute atomic E-state index is 0.154. The second-order valence-electron chi connectivity index (χ2n) is 6.39. The molecule has 3 aromatic rings. The molecule has 1 aliphatic heterocycles. The first-order valence-corrected chi connectivity index (χ1v) is 8.40. The summed E-state index contributed by atoms with van der Waals surface area (Å²) >= 11 is 0. The fraction of sp³-hybridized carbons (Fsp3) is 0.389. The predicted octanol–water partition coefficient (Wildman–Crippen LogP) is 2.25. The molecule has 0 aliphatic carbocycles. The standard InChI is InChI=1S/C18H21N5O/c1-14-19-7-10-23(14)16-5-4-9-22(13-16)18(24)11-15-12-21-8-3-2-6-17(21)20-15/h2-3,6-8,10,12,16H,4-5,9,11,13H2,1H3. The van der Waals surface area contributed by atoms with Crippen LogP contribution < -0.4 is 0 Å². The third-order valence-electron chi connectivity index (χ3n) is 4.75. The number of aryl methyl sites for hydroxylation is 1. The monoisotopic (exact) mass is 323 g/mol. The van der Waals surface area contributed by atoms with Gasteiger partial charge in [-0.15, -0.1) is 0 Å². The molecule has 1 amide bonds. The Morgan fingerprint density at radius 2 is 2.25 bits per heavy atom. The highest BCUT2D eigenvalue weighted by atomic mass is 16.2. The van der Waals surface area contributed by atoms with E-state index in [9.17, 15) is 4.79 Å². The van der Waals surface area contributed by atoms with Crippen molar-refractivity contribution >= 4 is 11.6 Å². The molecule has 6 heteroatoms. The van der Waals surface area contributed by atoms with Gasteiger partial charge >= 0.3 is 0 Å². The van der Waals surface area contributed by atoms with Crippen molar-refractivity contribution in [3.8, 4) is 0 Å².